The van der Waals surface area contributed by atoms with Crippen LogP contribution in [-0.4, -0.2) is 134 Å². The Hall–Kier alpha value is -5.39. The number of aromatic hydroxyl groups is 1. The number of halogens is 3. The van der Waals surface area contributed by atoms with Crippen molar-refractivity contribution in [1.82, 2.24) is 0 Å². The van der Waals surface area contributed by atoms with Crippen molar-refractivity contribution in [3.63, 3.8) is 0 Å². The Balaban J connectivity index is 0. The smallest absolute Gasteiger partial charge is 1.00 e. The number of benzene rings is 5. The van der Waals surface area contributed by atoms with E-state index in [2.05, 4.69) is 51.9 Å². The van der Waals surface area contributed by atoms with E-state index in [0.29, 0.717) is 58.0 Å². The van der Waals surface area contributed by atoms with Gasteiger partial charge in [0.2, 0.25) is 0 Å². The van der Waals surface area contributed by atoms with Gasteiger partial charge in [0.1, 0.15) is 28.7 Å². The van der Waals surface area contributed by atoms with E-state index in [9.17, 15) is 28.7 Å². The summed E-state index contributed by atoms with van der Waals surface area (Å²) in [4.78, 5) is 52.0. The van der Waals surface area contributed by atoms with E-state index >= 15 is 0 Å². The summed E-state index contributed by atoms with van der Waals surface area (Å²) in [7, 11) is -1.00. The molecule has 0 aromatic heterocycles. The van der Waals surface area contributed by atoms with Crippen LogP contribution in [0, 0.1) is 29.6 Å². The number of nitrogens with zero attached hydrogens (tertiary/aromatic N) is 9. The summed E-state index contributed by atoms with van der Waals surface area (Å²) >= 11 is 6.70. The second-order valence-electron chi connectivity index (χ2n) is 27.8. The second-order valence-corrected chi connectivity index (χ2v) is 29.0. The van der Waals surface area contributed by atoms with Crippen LogP contribution in [0.1, 0.15) is 256 Å². The third-order valence-corrected chi connectivity index (χ3v) is 20.6. The van der Waals surface area contributed by atoms with E-state index in [1.165, 1.54) is 216 Å². The number of Topliss-reactive ketones (excluding diaryl/α,β-unsaturated/α-hetero) is 4. The van der Waals surface area contributed by atoms with Crippen molar-refractivity contribution in [2.45, 2.75) is 206 Å². The Morgan fingerprint density at radius 3 is 1.10 bits per heavy atom. The van der Waals surface area contributed by atoms with E-state index in [0.717, 1.165) is 80.5 Å². The minimum Gasteiger partial charge on any atom is -1.00 e. The Kier molecular flexibility index (Phi) is 65.4. The molecule has 7 fully saturated rings. The molecule has 1 unspecified atom stereocenters. The number of alkyl halides is 3. The number of rotatable bonds is 23. The first-order valence-electron chi connectivity index (χ1n) is 39.4. The number of carbonyl (C=O) groups is 4. The number of azide groups is 2. The van der Waals surface area contributed by atoms with Crippen molar-refractivity contribution in [2.75, 3.05) is 83.8 Å². The van der Waals surface area contributed by atoms with Crippen molar-refractivity contribution in [1.29, 1.82) is 0 Å². The zero-order valence-electron chi connectivity index (χ0n) is 67.8. The van der Waals surface area contributed by atoms with Crippen LogP contribution in [0.5, 0.6) is 28.7 Å². The summed E-state index contributed by atoms with van der Waals surface area (Å²) < 4.78 is 48.6. The van der Waals surface area contributed by atoms with E-state index in [4.69, 9.17) is 57.0 Å². The normalized spacial score (nSPS) is 16.1. The molecule has 7 aliphatic rings. The van der Waals surface area contributed by atoms with Gasteiger partial charge in [-0.15, -0.1) is 0 Å². The first-order chi connectivity index (χ1) is 53.1. The predicted octanol–water partition coefficient (Wildman–Crippen LogP) is 16.7. The molecule has 2 N–H and O–H groups in total. The van der Waals surface area contributed by atoms with Crippen molar-refractivity contribution < 1.29 is 113 Å². The first kappa shape index (κ1) is 104. The quantitative estimate of drug-likeness (QED) is 0.0154. The molecule has 21 nitrogen and oxygen atoms in total. The molecule has 12 rings (SSSR count). The van der Waals surface area contributed by atoms with Crippen molar-refractivity contribution in [2.24, 2.45) is 39.8 Å². The monoisotopic (exact) mass is 1680 g/mol. The van der Waals surface area contributed by atoms with Crippen LogP contribution >= 0.6 is 31.9 Å². The summed E-state index contributed by atoms with van der Waals surface area (Å²) in [6, 6.07) is 35.7. The van der Waals surface area contributed by atoms with Crippen LogP contribution in [0.15, 0.2) is 132 Å². The third kappa shape index (κ3) is 51.2. The van der Waals surface area contributed by atoms with Gasteiger partial charge in [-0.2, -0.15) is 0 Å². The molecule has 2 aliphatic heterocycles. The molecule has 2 saturated heterocycles. The molecular weight excluding hydrogens is 1560 g/mol. The number of phenolic OH excluding ortho intramolecular Hbond substituents is 1. The van der Waals surface area contributed by atoms with Gasteiger partial charge in [-0.3, -0.25) is 28.5 Å². The van der Waals surface area contributed by atoms with Gasteiger partial charge in [0.05, 0.1) is 59.5 Å². The van der Waals surface area contributed by atoms with Crippen molar-refractivity contribution in [3.8, 4) is 28.7 Å². The van der Waals surface area contributed by atoms with E-state index < -0.39 is 13.3 Å². The average Bonchev–Trinajstić information content (AvgIpc) is 1.18. The Labute approximate surface area is 724 Å². The van der Waals surface area contributed by atoms with Crippen molar-refractivity contribution in [3.05, 3.63) is 186 Å². The number of ether oxygens (including phenoxy) is 6. The Bertz CT molecular complexity index is 3410. The Morgan fingerprint density at radius 1 is 0.495 bits per heavy atom. The summed E-state index contributed by atoms with van der Waals surface area (Å²) in [5.74, 6) is 6.89. The largest absolute Gasteiger partial charge is 1.00 e. The van der Waals surface area contributed by atoms with Crippen LogP contribution in [-0.2, 0) is 9.47 Å². The molecule has 0 bridgehead atoms. The molecule has 0 radical (unpaired) electrons. The second kappa shape index (κ2) is 70.1. The van der Waals surface area contributed by atoms with Crippen LogP contribution in [0.2, 0.25) is 0 Å². The predicted molar refractivity (Wildman–Crippen MR) is 446 cm³/mol. The summed E-state index contributed by atoms with van der Waals surface area (Å²) in [6.07, 6.45) is 37.7. The zero-order chi connectivity index (χ0) is 79.2. The van der Waals surface area contributed by atoms with Crippen LogP contribution in [0.3, 0.4) is 0 Å². The van der Waals surface area contributed by atoms with Crippen LogP contribution in [0.25, 0.3) is 36.9 Å². The van der Waals surface area contributed by atoms with Gasteiger partial charge in [-0.05, 0) is 211 Å². The standard InChI is InChI=1S/C15H19BrO2.C15H21N3O2.C15H19N3O2.C15H20O2.C8H8O2.C7H13Br.2C4H8O.CH3F.Al.Li.N3.Na.4H/c16-10-15(17)13-7-4-8-14(9-13)18-11-12-5-2-1-3-6-12;2*16-18-17-10-15(19)13-7-4-8-14(9-13)20-11-12-5-2-1-3-6-12;1-12(16)14-8-5-9-15(10-14)17-11-13-6-3-2-4-7-13;1-6(9)7-3-2-4-8(10)5-7;8-6-7-4-2-1-3-5-7;2*1-2-4-5-3-1;1-2;;;1-3-2;;;;;/h4,7-9,12H,1-3,5-6,10-11H2;4,7-9,12,15,19H,1-3,5-6,10-11H2;4,7-9,12H,1-3,5-6,10-11H2;5,8-10,13H,2-4,6-7,11H2,1H3;2-5,10H,1H3;7H,1-6H2;2*1-4H2;1H3;;;;;;;;/q;;;;;;;;;;+1;-1;+1;;;;-1/i;;;;;;;;1D;;;;;;;;. The summed E-state index contributed by atoms with van der Waals surface area (Å²) in [5, 5.41) is 27.0. The number of hydrogen-bond acceptors (Lipinski definition) is 14. The van der Waals surface area contributed by atoms with Gasteiger partial charge in [0, 0.05) is 63.8 Å². The molecule has 1 atom stereocenters. The fourth-order valence-corrected chi connectivity index (χ4v) is 13.9. The topological polar surface area (TPSA) is 320 Å². The van der Waals surface area contributed by atoms with Gasteiger partial charge in [0.25, 0.3) is 0 Å². The SMILES string of the molecule is BrCC1CCCCC1.C1CCOC1.C1CCOC1.CC(=O)c1cccc(O)c1.CC(=O)c1cccc(OCC2CCCCC2)c1.O=C(CBr)c1cccc(OCC2CCCCC2)c1.[2H]CF.[AlH3].[H-].[Li+].[N-]=[N+]=NCC(=O)c1cccc(OCC2CCCCC2)c1.[N-]=[N+]=NCC(O)c1cccc(OCC2CCCCC2)c1.[N-]=[N+]=[N-].[Na+]. The number of carbonyl (C=O) groups excluding carboxylic acids is 4. The molecule has 602 valence electrons. The molecule has 2 heterocycles. The molecule has 27 heteroatoms. The van der Waals surface area contributed by atoms with Gasteiger partial charge in [-0.25, -0.2) is 0 Å². The minimum atomic E-state index is -1.00. The summed E-state index contributed by atoms with van der Waals surface area (Å²) in [5.41, 5.74) is 33.2. The summed E-state index contributed by atoms with van der Waals surface area (Å²) in [6.45, 7) is 9.98. The maximum absolute atomic E-state index is 11.7. The number of aliphatic hydroxyl groups is 1. The van der Waals surface area contributed by atoms with Crippen LogP contribution in [0.4, 0.5) is 4.39 Å². The molecule has 0 amide bonds. The molecule has 5 aromatic carbocycles. The van der Waals surface area contributed by atoms with Gasteiger partial charge >= 0.3 is 48.4 Å². The molecule has 5 saturated carbocycles. The van der Waals surface area contributed by atoms with Gasteiger partial charge in [0.15, 0.2) is 40.5 Å². The third-order valence-electron chi connectivity index (χ3n) is 19.2. The number of hydrogen-bond donors (Lipinski definition) is 2. The average molecular weight is 1690 g/mol. The number of phenols is 1. The zero-order valence-corrected chi connectivity index (χ0v) is 71.0. The molecule has 5 aliphatic carbocycles. The maximum atomic E-state index is 11.7. The minimum absolute atomic E-state index is 0. The molecule has 0 spiro atoms. The van der Waals surface area contributed by atoms with Crippen molar-refractivity contribution >= 4 is 72.4 Å². The van der Waals surface area contributed by atoms with Gasteiger partial charge in [-0.1, -0.05) is 199 Å². The molecule has 5 aromatic rings. The molecule has 111 heavy (non-hydrogen) atoms. The fourth-order valence-electron chi connectivity index (χ4n) is 13.0. The van der Waals surface area contributed by atoms with E-state index in [1.807, 2.05) is 78.9 Å². The molecular formula is C84H123AlBr2FLiN9NaO12. The first-order valence-corrected chi connectivity index (χ1v) is 40.9. The number of ketones is 4. The van der Waals surface area contributed by atoms with E-state index in [1.54, 1.807) is 37.3 Å². The van der Waals surface area contributed by atoms with Gasteiger partial charge < -0.3 is 51.1 Å². The fraction of sp³-hybridized carbons (Fsp3) is 0.595. The Morgan fingerprint density at radius 2 is 0.802 bits per heavy atom. The van der Waals surface area contributed by atoms with E-state index in [-0.39, 0.29) is 109 Å². The maximum Gasteiger partial charge on any atom is 1.00 e. The van der Waals surface area contributed by atoms with Crippen LogP contribution < -0.4 is 67.4 Å². The number of aliphatic hydroxyl groups excluding tert-OH is 1.